The molecular formula is C19H21N5O3. The number of rotatable bonds is 6. The maximum Gasteiger partial charge on any atom is 0.329 e. The Labute approximate surface area is 155 Å². The quantitative estimate of drug-likeness (QED) is 0.778. The highest BCUT2D eigenvalue weighted by atomic mass is 16.2. The molecule has 2 aromatic heterocycles. The Morgan fingerprint density at radius 1 is 1.37 bits per heavy atom. The van der Waals surface area contributed by atoms with Gasteiger partial charge in [-0.15, -0.1) is 0 Å². The van der Waals surface area contributed by atoms with Gasteiger partial charge in [0.25, 0.3) is 11.5 Å². The van der Waals surface area contributed by atoms with Crippen molar-refractivity contribution in [3.63, 3.8) is 0 Å². The summed E-state index contributed by atoms with van der Waals surface area (Å²) < 4.78 is 1.44. The molecule has 2 aromatic rings. The highest BCUT2D eigenvalue weighted by Gasteiger charge is 2.35. The van der Waals surface area contributed by atoms with Gasteiger partial charge in [0.1, 0.15) is 6.54 Å². The molecule has 2 fully saturated rings. The van der Waals surface area contributed by atoms with Crippen LogP contribution in [0.15, 0.2) is 15.7 Å². The minimum Gasteiger partial charge on any atom is -0.322 e. The Balaban J connectivity index is 1.97. The summed E-state index contributed by atoms with van der Waals surface area (Å²) in [7, 11) is 0. The molecule has 0 unspecified atom stereocenters. The lowest BCUT2D eigenvalue weighted by Gasteiger charge is -2.20. The predicted octanol–water partition coefficient (Wildman–Crippen LogP) is 1.50. The highest BCUT2D eigenvalue weighted by molar-refractivity contribution is 6.05. The van der Waals surface area contributed by atoms with Crippen LogP contribution >= 0.6 is 0 Å². The number of nitrogens with zero attached hydrogens (tertiary/aromatic N) is 4. The molecule has 4 rings (SSSR count). The second-order valence-electron chi connectivity index (χ2n) is 7.30. The summed E-state index contributed by atoms with van der Waals surface area (Å²) in [6, 6.07) is 3.77. The number of hydrogen-bond acceptors (Lipinski definition) is 5. The average Bonchev–Trinajstić information content (AvgIpc) is 3.54. The first-order chi connectivity index (χ1) is 13.0. The normalized spacial score (nSPS) is 16.3. The second kappa shape index (κ2) is 6.65. The van der Waals surface area contributed by atoms with Crippen LogP contribution in [0.4, 0.5) is 0 Å². The van der Waals surface area contributed by atoms with Crippen LogP contribution in [0.25, 0.3) is 11.0 Å². The maximum absolute atomic E-state index is 13.2. The topological polar surface area (TPSA) is 112 Å². The Morgan fingerprint density at radius 2 is 2.11 bits per heavy atom. The number of H-pyrrole nitrogens is 1. The van der Waals surface area contributed by atoms with Gasteiger partial charge in [0, 0.05) is 24.2 Å². The number of carbonyl (C=O) groups is 1. The van der Waals surface area contributed by atoms with Crippen molar-refractivity contribution in [2.45, 2.75) is 57.5 Å². The molecule has 2 heterocycles. The van der Waals surface area contributed by atoms with E-state index in [0.717, 1.165) is 31.4 Å². The average molecular weight is 367 g/mol. The van der Waals surface area contributed by atoms with Crippen molar-refractivity contribution in [2.75, 3.05) is 6.54 Å². The molecule has 2 aliphatic carbocycles. The molecule has 2 saturated carbocycles. The molecule has 0 bridgehead atoms. The lowest BCUT2D eigenvalue weighted by Crippen LogP contribution is -2.36. The molecule has 0 radical (unpaired) electrons. The third kappa shape index (κ3) is 3.14. The fourth-order valence-electron chi connectivity index (χ4n) is 3.47. The number of hydrogen-bond donors (Lipinski definition) is 1. The fraction of sp³-hybridized carbons (Fsp3) is 0.526. The van der Waals surface area contributed by atoms with Gasteiger partial charge in [0.15, 0.2) is 5.65 Å². The fourth-order valence-corrected chi connectivity index (χ4v) is 3.47. The minimum absolute atomic E-state index is 0.0153. The summed E-state index contributed by atoms with van der Waals surface area (Å²) in [6.07, 6.45) is 4.39. The van der Waals surface area contributed by atoms with E-state index < -0.39 is 11.2 Å². The van der Waals surface area contributed by atoms with Gasteiger partial charge in [0.05, 0.1) is 17.0 Å². The number of carbonyl (C=O) groups excluding carboxylic acids is 1. The number of pyridine rings is 1. The van der Waals surface area contributed by atoms with E-state index in [1.165, 1.54) is 9.47 Å². The third-order valence-electron chi connectivity index (χ3n) is 5.13. The van der Waals surface area contributed by atoms with E-state index in [4.69, 9.17) is 5.26 Å². The molecule has 1 amide bonds. The SMILES string of the molecule is CCCn1c(=O)[nH]c(=O)c2c(C(=O)N(CC#N)C3CC3)cc(C3CC3)nc21. The summed E-state index contributed by atoms with van der Waals surface area (Å²) in [5.41, 5.74) is 0.145. The van der Waals surface area contributed by atoms with Crippen LogP contribution in [0, 0.1) is 11.3 Å². The standard InChI is InChI=1S/C19H21N5O3/c1-2-8-24-16-15(17(25)22-19(24)27)13(10-14(21-16)11-3-4-11)18(26)23(9-7-20)12-5-6-12/h10-12H,2-6,8-9H2,1H3,(H,22,25,27). The largest absolute Gasteiger partial charge is 0.329 e. The van der Waals surface area contributed by atoms with E-state index in [2.05, 4.69) is 9.97 Å². The smallest absolute Gasteiger partial charge is 0.322 e. The van der Waals surface area contributed by atoms with Crippen LogP contribution < -0.4 is 11.2 Å². The summed E-state index contributed by atoms with van der Waals surface area (Å²) >= 11 is 0. The molecular weight excluding hydrogens is 346 g/mol. The van der Waals surface area contributed by atoms with Crippen molar-refractivity contribution in [3.8, 4) is 6.07 Å². The first-order valence-corrected chi connectivity index (χ1v) is 9.40. The van der Waals surface area contributed by atoms with E-state index >= 15 is 0 Å². The number of nitriles is 1. The van der Waals surface area contributed by atoms with E-state index in [9.17, 15) is 14.4 Å². The van der Waals surface area contributed by atoms with E-state index in [1.54, 1.807) is 6.07 Å². The van der Waals surface area contributed by atoms with E-state index in [1.807, 2.05) is 13.0 Å². The number of aromatic amines is 1. The summed E-state index contributed by atoms with van der Waals surface area (Å²) in [5, 5.41) is 9.25. The van der Waals surface area contributed by atoms with Crippen LogP contribution in [0.3, 0.4) is 0 Å². The molecule has 0 spiro atoms. The Morgan fingerprint density at radius 3 is 2.70 bits per heavy atom. The Hall–Kier alpha value is -2.95. The van der Waals surface area contributed by atoms with Gasteiger partial charge >= 0.3 is 5.69 Å². The van der Waals surface area contributed by atoms with Gasteiger partial charge in [-0.1, -0.05) is 6.92 Å². The number of nitrogens with one attached hydrogen (secondary N) is 1. The lowest BCUT2D eigenvalue weighted by molar-refractivity contribution is 0.0766. The number of amides is 1. The van der Waals surface area contributed by atoms with Crippen LogP contribution in [-0.2, 0) is 6.54 Å². The first-order valence-electron chi connectivity index (χ1n) is 9.40. The Bertz CT molecular complexity index is 1070. The molecule has 1 N–H and O–H groups in total. The number of aromatic nitrogens is 3. The number of fused-ring (bicyclic) bond motifs is 1. The van der Waals surface area contributed by atoms with Gasteiger partial charge in [0.2, 0.25) is 0 Å². The van der Waals surface area contributed by atoms with Gasteiger partial charge < -0.3 is 4.90 Å². The van der Waals surface area contributed by atoms with Crippen LogP contribution in [-0.4, -0.2) is 37.9 Å². The molecule has 2 aliphatic rings. The predicted molar refractivity (Wildman–Crippen MR) is 98.6 cm³/mol. The van der Waals surface area contributed by atoms with Crippen LogP contribution in [0.2, 0.25) is 0 Å². The second-order valence-corrected chi connectivity index (χ2v) is 7.30. The lowest BCUT2D eigenvalue weighted by atomic mass is 10.1. The van der Waals surface area contributed by atoms with Crippen molar-refractivity contribution in [1.29, 1.82) is 5.26 Å². The zero-order valence-electron chi connectivity index (χ0n) is 15.2. The van der Waals surface area contributed by atoms with E-state index in [-0.39, 0.29) is 41.0 Å². The minimum atomic E-state index is -0.603. The molecule has 0 saturated heterocycles. The van der Waals surface area contributed by atoms with Crippen molar-refractivity contribution in [3.05, 3.63) is 38.2 Å². The maximum atomic E-state index is 13.2. The zero-order chi connectivity index (χ0) is 19.1. The molecule has 8 nitrogen and oxygen atoms in total. The molecule has 8 heteroatoms. The third-order valence-corrected chi connectivity index (χ3v) is 5.13. The zero-order valence-corrected chi connectivity index (χ0v) is 15.2. The molecule has 140 valence electrons. The first kappa shape index (κ1) is 17.5. The Kier molecular flexibility index (Phi) is 4.30. The van der Waals surface area contributed by atoms with Gasteiger partial charge in [-0.25, -0.2) is 9.78 Å². The van der Waals surface area contributed by atoms with Crippen molar-refractivity contribution in [1.82, 2.24) is 19.4 Å². The highest BCUT2D eigenvalue weighted by Crippen LogP contribution is 2.40. The van der Waals surface area contributed by atoms with Gasteiger partial charge in [-0.3, -0.25) is 19.1 Å². The van der Waals surface area contributed by atoms with Crippen LogP contribution in [0.5, 0.6) is 0 Å². The van der Waals surface area contributed by atoms with Crippen LogP contribution in [0.1, 0.15) is 61.0 Å². The van der Waals surface area contributed by atoms with E-state index in [0.29, 0.717) is 13.0 Å². The molecule has 0 atom stereocenters. The summed E-state index contributed by atoms with van der Waals surface area (Å²) in [4.78, 5) is 46.6. The van der Waals surface area contributed by atoms with Crippen molar-refractivity contribution in [2.24, 2.45) is 0 Å². The molecule has 27 heavy (non-hydrogen) atoms. The monoisotopic (exact) mass is 367 g/mol. The molecule has 0 aromatic carbocycles. The van der Waals surface area contributed by atoms with Gasteiger partial charge in [-0.2, -0.15) is 5.26 Å². The summed E-state index contributed by atoms with van der Waals surface area (Å²) in [5.74, 6) is -0.0729. The summed E-state index contributed by atoms with van der Waals surface area (Å²) in [6.45, 7) is 2.33. The van der Waals surface area contributed by atoms with Gasteiger partial charge in [-0.05, 0) is 38.2 Å². The van der Waals surface area contributed by atoms with Crippen molar-refractivity contribution < 1.29 is 4.79 Å². The number of aryl methyl sites for hydroxylation is 1. The molecule has 0 aliphatic heterocycles. The van der Waals surface area contributed by atoms with Crippen molar-refractivity contribution >= 4 is 16.9 Å².